The van der Waals surface area contributed by atoms with Crippen LogP contribution in [0.15, 0.2) is 101 Å². The molecule has 9 heteroatoms. The van der Waals surface area contributed by atoms with Gasteiger partial charge in [0.1, 0.15) is 17.2 Å². The van der Waals surface area contributed by atoms with Gasteiger partial charge in [0.2, 0.25) is 0 Å². The molecule has 1 heterocycles. The van der Waals surface area contributed by atoms with E-state index in [0.29, 0.717) is 33.1 Å². The second kappa shape index (κ2) is 11.6. The Hall–Kier alpha value is -4.40. The number of halogens is 2. The Morgan fingerprint density at radius 2 is 1.77 bits per heavy atom. The number of H-pyrrole nitrogens is 1. The first-order valence-corrected chi connectivity index (χ1v) is 13.0. The quantitative estimate of drug-likeness (QED) is 0.0889. The third-order valence-corrected chi connectivity index (χ3v) is 6.73. The van der Waals surface area contributed by atoms with Crippen molar-refractivity contribution >= 4 is 56.5 Å². The summed E-state index contributed by atoms with van der Waals surface area (Å²) in [5.74, 6) is -0.205. The number of carbonyl (C=O) groups is 2. The molecule has 1 amide bonds. The second-order valence-corrected chi connectivity index (χ2v) is 9.73. The summed E-state index contributed by atoms with van der Waals surface area (Å²) >= 11 is 9.83. The summed E-state index contributed by atoms with van der Waals surface area (Å²) < 4.78 is 11.5. The second-order valence-electron chi connectivity index (χ2n) is 8.41. The highest BCUT2D eigenvalue weighted by Gasteiger charge is 2.20. The molecule has 194 valence electrons. The molecule has 0 fully saturated rings. The van der Waals surface area contributed by atoms with Crippen LogP contribution < -0.4 is 14.9 Å². The van der Waals surface area contributed by atoms with Crippen molar-refractivity contribution in [2.45, 2.75) is 0 Å². The zero-order chi connectivity index (χ0) is 27.4. The van der Waals surface area contributed by atoms with Crippen molar-refractivity contribution in [1.29, 1.82) is 0 Å². The lowest BCUT2D eigenvalue weighted by Crippen LogP contribution is -2.19. The van der Waals surface area contributed by atoms with Crippen molar-refractivity contribution in [3.05, 3.63) is 117 Å². The molecule has 0 radical (unpaired) electrons. The Bertz CT molecular complexity index is 1720. The Morgan fingerprint density at radius 3 is 2.56 bits per heavy atom. The lowest BCUT2D eigenvalue weighted by molar-refractivity contribution is 0.0733. The number of nitrogens with zero attached hydrogens (tertiary/aromatic N) is 1. The van der Waals surface area contributed by atoms with Crippen LogP contribution in [0.3, 0.4) is 0 Å². The van der Waals surface area contributed by atoms with Gasteiger partial charge in [-0.25, -0.2) is 10.2 Å². The number of carbonyl (C=O) groups excluding carboxylic acids is 2. The summed E-state index contributed by atoms with van der Waals surface area (Å²) in [6.07, 6.45) is 1.41. The third-order valence-electron chi connectivity index (χ3n) is 5.92. The average molecular weight is 603 g/mol. The number of nitrogens with one attached hydrogen (secondary N) is 2. The Balaban J connectivity index is 1.41. The molecule has 4 aromatic carbocycles. The molecular weight excluding hydrogens is 582 g/mol. The summed E-state index contributed by atoms with van der Waals surface area (Å²) in [5, 5.41) is 5.47. The molecule has 0 atom stereocenters. The molecule has 7 nitrogen and oxygen atoms in total. The van der Waals surface area contributed by atoms with E-state index in [1.54, 1.807) is 48.5 Å². The predicted molar refractivity (Wildman–Crippen MR) is 156 cm³/mol. The van der Waals surface area contributed by atoms with Crippen molar-refractivity contribution in [1.82, 2.24) is 10.4 Å². The lowest BCUT2D eigenvalue weighted by atomic mass is 10.0. The van der Waals surface area contributed by atoms with E-state index in [1.807, 2.05) is 42.5 Å². The fraction of sp³-hybridized carbons (Fsp3) is 0.0333. The van der Waals surface area contributed by atoms with Crippen LogP contribution in [0.1, 0.15) is 26.4 Å². The van der Waals surface area contributed by atoms with Crippen molar-refractivity contribution in [3.8, 4) is 22.6 Å². The summed E-state index contributed by atoms with van der Waals surface area (Å²) in [5.41, 5.74) is 5.93. The summed E-state index contributed by atoms with van der Waals surface area (Å²) in [7, 11) is 1.52. The largest absolute Gasteiger partial charge is 0.497 e. The van der Waals surface area contributed by atoms with Gasteiger partial charge in [-0.3, -0.25) is 4.79 Å². The number of aromatic amines is 1. The molecular formula is C30H21BrClN3O4. The van der Waals surface area contributed by atoms with Crippen LogP contribution in [0.2, 0.25) is 5.02 Å². The zero-order valence-corrected chi connectivity index (χ0v) is 22.9. The predicted octanol–water partition coefficient (Wildman–Crippen LogP) is 7.24. The van der Waals surface area contributed by atoms with E-state index in [1.165, 1.54) is 13.3 Å². The van der Waals surface area contributed by atoms with E-state index in [9.17, 15) is 9.59 Å². The Labute approximate surface area is 237 Å². The number of hydrazone groups is 1. The minimum atomic E-state index is -0.558. The molecule has 0 aliphatic heterocycles. The molecule has 0 spiro atoms. The van der Waals surface area contributed by atoms with Gasteiger partial charge < -0.3 is 14.5 Å². The van der Waals surface area contributed by atoms with E-state index < -0.39 is 11.9 Å². The minimum Gasteiger partial charge on any atom is -0.497 e. The zero-order valence-electron chi connectivity index (χ0n) is 20.6. The van der Waals surface area contributed by atoms with Gasteiger partial charge in [0.05, 0.1) is 29.4 Å². The lowest BCUT2D eigenvalue weighted by Gasteiger charge is -2.09. The molecule has 5 aromatic rings. The van der Waals surface area contributed by atoms with Gasteiger partial charge in [0, 0.05) is 21.0 Å². The number of benzene rings is 4. The number of methoxy groups -OCH3 is 1. The first-order chi connectivity index (χ1) is 18.9. The van der Waals surface area contributed by atoms with Gasteiger partial charge in [0.25, 0.3) is 5.91 Å². The van der Waals surface area contributed by atoms with Gasteiger partial charge in [-0.2, -0.15) is 5.10 Å². The molecule has 2 N–H and O–H groups in total. The van der Waals surface area contributed by atoms with Crippen molar-refractivity contribution in [3.63, 3.8) is 0 Å². The Kier molecular flexibility index (Phi) is 7.76. The van der Waals surface area contributed by atoms with Crippen LogP contribution in [0.4, 0.5) is 0 Å². The first-order valence-electron chi connectivity index (χ1n) is 11.8. The summed E-state index contributed by atoms with van der Waals surface area (Å²) in [6, 6.07) is 26.8. The fourth-order valence-electron chi connectivity index (χ4n) is 4.09. The number of amides is 1. The number of esters is 1. The first kappa shape index (κ1) is 26.2. The normalized spacial score (nSPS) is 11.1. The van der Waals surface area contributed by atoms with Crippen LogP contribution in [-0.4, -0.2) is 30.2 Å². The molecule has 0 aliphatic rings. The highest BCUT2D eigenvalue weighted by molar-refractivity contribution is 9.10. The average Bonchev–Trinajstić information content (AvgIpc) is 3.36. The van der Waals surface area contributed by atoms with Crippen LogP contribution in [0.25, 0.3) is 22.0 Å². The number of hydrogen-bond acceptors (Lipinski definition) is 5. The number of para-hydroxylation sites is 1. The van der Waals surface area contributed by atoms with Crippen molar-refractivity contribution < 1.29 is 19.1 Å². The topological polar surface area (TPSA) is 92.8 Å². The van der Waals surface area contributed by atoms with Crippen LogP contribution in [0, 0.1) is 0 Å². The maximum absolute atomic E-state index is 13.3. The molecule has 0 aliphatic carbocycles. The number of hydrogen-bond donors (Lipinski definition) is 2. The van der Waals surface area contributed by atoms with Crippen molar-refractivity contribution in [2.75, 3.05) is 7.11 Å². The molecule has 1 aromatic heterocycles. The van der Waals surface area contributed by atoms with E-state index in [-0.39, 0.29) is 5.75 Å². The van der Waals surface area contributed by atoms with Gasteiger partial charge >= 0.3 is 5.97 Å². The summed E-state index contributed by atoms with van der Waals surface area (Å²) in [4.78, 5) is 29.2. The minimum absolute atomic E-state index is 0.270. The van der Waals surface area contributed by atoms with Gasteiger partial charge in [-0.05, 0) is 48.0 Å². The van der Waals surface area contributed by atoms with E-state index in [0.717, 1.165) is 21.0 Å². The smallest absolute Gasteiger partial charge is 0.343 e. The van der Waals surface area contributed by atoms with Crippen LogP contribution >= 0.6 is 27.5 Å². The highest BCUT2D eigenvalue weighted by atomic mass is 79.9. The van der Waals surface area contributed by atoms with Crippen LogP contribution in [0.5, 0.6) is 11.5 Å². The number of aromatic nitrogens is 1. The molecule has 5 rings (SSSR count). The number of fused-ring (bicyclic) bond motifs is 1. The number of rotatable bonds is 7. The summed E-state index contributed by atoms with van der Waals surface area (Å²) in [6.45, 7) is 0. The Morgan fingerprint density at radius 1 is 0.974 bits per heavy atom. The maximum Gasteiger partial charge on any atom is 0.343 e. The molecule has 0 saturated carbocycles. The van der Waals surface area contributed by atoms with Gasteiger partial charge in [-0.1, -0.05) is 76.1 Å². The van der Waals surface area contributed by atoms with Crippen LogP contribution in [-0.2, 0) is 0 Å². The third kappa shape index (κ3) is 5.72. The molecule has 0 bridgehead atoms. The standard InChI is InChI=1S/C30H21BrClN3O4/c1-38-22-10-5-9-19(16-22)30(37)39-25-14-13-21(31)15-20(25)17-33-35-29(36)28-26(18-7-3-2-4-8-18)23-11-6-12-24(32)27(23)34-28/h2-17,34H,1H3,(H,35,36). The van der Waals surface area contributed by atoms with Gasteiger partial charge in [-0.15, -0.1) is 0 Å². The van der Waals surface area contributed by atoms with Gasteiger partial charge in [0.15, 0.2) is 0 Å². The van der Waals surface area contributed by atoms with E-state index in [4.69, 9.17) is 21.1 Å². The fourth-order valence-corrected chi connectivity index (χ4v) is 4.70. The molecule has 39 heavy (non-hydrogen) atoms. The molecule has 0 unspecified atom stereocenters. The maximum atomic E-state index is 13.3. The van der Waals surface area contributed by atoms with E-state index >= 15 is 0 Å². The molecule has 0 saturated heterocycles. The monoisotopic (exact) mass is 601 g/mol. The highest BCUT2D eigenvalue weighted by Crippen LogP contribution is 2.35. The number of ether oxygens (including phenoxy) is 2. The SMILES string of the molecule is COc1cccc(C(=O)Oc2ccc(Br)cc2C=NNC(=O)c2[nH]c3c(Cl)cccc3c2-c2ccccc2)c1. The van der Waals surface area contributed by atoms with Crippen molar-refractivity contribution in [2.24, 2.45) is 5.10 Å². The van der Waals surface area contributed by atoms with E-state index in [2.05, 4.69) is 31.4 Å².